The van der Waals surface area contributed by atoms with E-state index in [9.17, 15) is 13.2 Å². The monoisotopic (exact) mass is 294 g/mol. The predicted molar refractivity (Wildman–Crippen MR) is 76.0 cm³/mol. The standard InChI is InChI=1S/C14H18N2O3S/c17-14-7-4-11-10-12(5-6-13(11)15-14)20(18,19)16-8-2-1-3-9-16/h5-6,10H,1-4,7-9H2,(H,15,17). The van der Waals surface area contributed by atoms with Crippen molar-refractivity contribution in [1.82, 2.24) is 4.31 Å². The van der Waals surface area contributed by atoms with Crippen molar-refractivity contribution in [3.05, 3.63) is 23.8 Å². The average Bonchev–Trinajstić information content (AvgIpc) is 2.47. The molecule has 1 amide bonds. The Bertz CT molecular complexity index is 634. The third kappa shape index (κ3) is 2.45. The Balaban J connectivity index is 1.92. The number of hydrogen-bond acceptors (Lipinski definition) is 3. The molecule has 108 valence electrons. The van der Waals surface area contributed by atoms with E-state index in [2.05, 4.69) is 5.32 Å². The lowest BCUT2D eigenvalue weighted by atomic mass is 10.0. The lowest BCUT2D eigenvalue weighted by Gasteiger charge is -2.26. The molecule has 1 fully saturated rings. The van der Waals surface area contributed by atoms with E-state index in [1.807, 2.05) is 0 Å². The number of piperidine rings is 1. The van der Waals surface area contributed by atoms with E-state index in [0.29, 0.717) is 30.8 Å². The Labute approximate surface area is 119 Å². The van der Waals surface area contributed by atoms with Gasteiger partial charge in [-0.1, -0.05) is 6.42 Å². The first kappa shape index (κ1) is 13.6. The summed E-state index contributed by atoms with van der Waals surface area (Å²) in [5, 5.41) is 2.77. The quantitative estimate of drug-likeness (QED) is 0.903. The minimum Gasteiger partial charge on any atom is -0.326 e. The molecule has 1 N–H and O–H groups in total. The average molecular weight is 294 g/mol. The Morgan fingerprint density at radius 2 is 1.80 bits per heavy atom. The third-order valence-corrected chi connectivity index (χ3v) is 5.82. The topological polar surface area (TPSA) is 66.5 Å². The lowest BCUT2D eigenvalue weighted by molar-refractivity contribution is -0.116. The predicted octanol–water partition coefficient (Wildman–Crippen LogP) is 1.75. The van der Waals surface area contributed by atoms with Crippen LogP contribution in [0.5, 0.6) is 0 Å². The summed E-state index contributed by atoms with van der Waals surface area (Å²) in [5.74, 6) is -0.0101. The summed E-state index contributed by atoms with van der Waals surface area (Å²) in [6, 6.07) is 5.00. The van der Waals surface area contributed by atoms with Crippen LogP contribution >= 0.6 is 0 Å². The summed E-state index contributed by atoms with van der Waals surface area (Å²) >= 11 is 0. The van der Waals surface area contributed by atoms with Crippen LogP contribution in [0.4, 0.5) is 5.69 Å². The zero-order valence-electron chi connectivity index (χ0n) is 11.3. The molecule has 0 spiro atoms. The fourth-order valence-electron chi connectivity index (χ4n) is 2.77. The second-order valence-corrected chi connectivity index (χ2v) is 7.27. The van der Waals surface area contributed by atoms with E-state index < -0.39 is 10.0 Å². The van der Waals surface area contributed by atoms with Gasteiger partial charge in [0.05, 0.1) is 4.90 Å². The van der Waals surface area contributed by atoms with Crippen molar-refractivity contribution in [2.24, 2.45) is 0 Å². The molecule has 2 aliphatic heterocycles. The molecule has 3 rings (SSSR count). The first-order chi connectivity index (χ1) is 9.57. The number of amides is 1. The first-order valence-corrected chi connectivity index (χ1v) is 8.44. The third-order valence-electron chi connectivity index (χ3n) is 3.93. The normalized spacial score (nSPS) is 20.3. The number of hydrogen-bond donors (Lipinski definition) is 1. The van der Waals surface area contributed by atoms with Gasteiger partial charge in [-0.15, -0.1) is 0 Å². The van der Waals surface area contributed by atoms with Gasteiger partial charge in [0.15, 0.2) is 0 Å². The molecule has 6 heteroatoms. The highest BCUT2D eigenvalue weighted by molar-refractivity contribution is 7.89. The minimum absolute atomic E-state index is 0.0101. The highest BCUT2D eigenvalue weighted by atomic mass is 32.2. The first-order valence-electron chi connectivity index (χ1n) is 7.00. The van der Waals surface area contributed by atoms with Crippen LogP contribution in [-0.4, -0.2) is 31.7 Å². The van der Waals surface area contributed by atoms with Gasteiger partial charge < -0.3 is 5.32 Å². The molecule has 1 aromatic rings. The van der Waals surface area contributed by atoms with Crippen molar-refractivity contribution in [1.29, 1.82) is 0 Å². The Hall–Kier alpha value is -1.40. The van der Waals surface area contributed by atoms with Crippen LogP contribution in [0.3, 0.4) is 0 Å². The van der Waals surface area contributed by atoms with E-state index >= 15 is 0 Å². The highest BCUT2D eigenvalue weighted by Gasteiger charge is 2.27. The number of rotatable bonds is 2. The number of benzene rings is 1. The molecular weight excluding hydrogens is 276 g/mol. The summed E-state index contributed by atoms with van der Waals surface area (Å²) in [5.41, 5.74) is 1.64. The Morgan fingerprint density at radius 3 is 2.55 bits per heavy atom. The van der Waals surface area contributed by atoms with Crippen LogP contribution in [-0.2, 0) is 21.2 Å². The Morgan fingerprint density at radius 1 is 1.05 bits per heavy atom. The second-order valence-electron chi connectivity index (χ2n) is 5.33. The van der Waals surface area contributed by atoms with Crippen molar-refractivity contribution < 1.29 is 13.2 Å². The molecule has 2 heterocycles. The van der Waals surface area contributed by atoms with E-state index in [1.165, 1.54) is 0 Å². The van der Waals surface area contributed by atoms with Gasteiger partial charge in [-0.2, -0.15) is 4.31 Å². The van der Waals surface area contributed by atoms with Gasteiger partial charge in [-0.3, -0.25) is 4.79 Å². The number of nitrogens with one attached hydrogen (secondary N) is 1. The molecule has 0 radical (unpaired) electrons. The fourth-order valence-corrected chi connectivity index (χ4v) is 4.34. The van der Waals surface area contributed by atoms with Crippen molar-refractivity contribution in [2.45, 2.75) is 37.0 Å². The molecule has 0 bridgehead atoms. The molecule has 1 aromatic carbocycles. The fraction of sp³-hybridized carbons (Fsp3) is 0.500. The smallest absolute Gasteiger partial charge is 0.243 e. The van der Waals surface area contributed by atoms with Crippen LogP contribution in [0.15, 0.2) is 23.1 Å². The summed E-state index contributed by atoms with van der Waals surface area (Å²) in [7, 11) is -3.39. The summed E-state index contributed by atoms with van der Waals surface area (Å²) < 4.78 is 26.7. The molecule has 0 aromatic heterocycles. The van der Waals surface area contributed by atoms with Crippen LogP contribution in [0.1, 0.15) is 31.2 Å². The number of aryl methyl sites for hydroxylation is 1. The molecule has 0 unspecified atom stereocenters. The zero-order chi connectivity index (χ0) is 14.2. The van der Waals surface area contributed by atoms with Crippen molar-refractivity contribution in [3.8, 4) is 0 Å². The maximum absolute atomic E-state index is 12.6. The van der Waals surface area contributed by atoms with Crippen molar-refractivity contribution in [3.63, 3.8) is 0 Å². The maximum Gasteiger partial charge on any atom is 0.243 e. The highest BCUT2D eigenvalue weighted by Crippen LogP contribution is 2.28. The number of sulfonamides is 1. The van der Waals surface area contributed by atoms with Gasteiger partial charge in [0, 0.05) is 25.2 Å². The molecular formula is C14H18N2O3S. The van der Waals surface area contributed by atoms with Crippen molar-refractivity contribution >= 4 is 21.6 Å². The molecule has 2 aliphatic rings. The van der Waals surface area contributed by atoms with E-state index in [4.69, 9.17) is 0 Å². The largest absolute Gasteiger partial charge is 0.326 e. The van der Waals surface area contributed by atoms with Crippen LogP contribution in [0.2, 0.25) is 0 Å². The number of carbonyl (C=O) groups is 1. The van der Waals surface area contributed by atoms with Crippen LogP contribution in [0.25, 0.3) is 0 Å². The van der Waals surface area contributed by atoms with Gasteiger partial charge in [0.2, 0.25) is 15.9 Å². The van der Waals surface area contributed by atoms with Crippen LogP contribution < -0.4 is 5.32 Å². The molecule has 0 aliphatic carbocycles. The van der Waals surface area contributed by atoms with E-state index in [0.717, 1.165) is 30.5 Å². The molecule has 0 saturated carbocycles. The van der Waals surface area contributed by atoms with Gasteiger partial charge in [-0.05, 0) is 43.0 Å². The zero-order valence-corrected chi connectivity index (χ0v) is 12.1. The molecule has 20 heavy (non-hydrogen) atoms. The van der Waals surface area contributed by atoms with Gasteiger partial charge >= 0.3 is 0 Å². The molecule has 1 saturated heterocycles. The second kappa shape index (κ2) is 5.18. The van der Waals surface area contributed by atoms with Crippen LogP contribution in [0, 0.1) is 0 Å². The summed E-state index contributed by atoms with van der Waals surface area (Å²) in [4.78, 5) is 11.7. The lowest BCUT2D eigenvalue weighted by Crippen LogP contribution is -2.35. The van der Waals surface area contributed by atoms with Gasteiger partial charge in [-0.25, -0.2) is 8.42 Å². The molecule has 0 atom stereocenters. The number of nitrogens with zero attached hydrogens (tertiary/aromatic N) is 1. The SMILES string of the molecule is O=C1CCc2cc(S(=O)(=O)N3CCCCC3)ccc2N1. The summed E-state index contributed by atoms with van der Waals surface area (Å²) in [6.45, 7) is 1.21. The maximum atomic E-state index is 12.6. The number of anilines is 1. The van der Waals surface area contributed by atoms with E-state index in [-0.39, 0.29) is 5.91 Å². The van der Waals surface area contributed by atoms with Gasteiger partial charge in [0.1, 0.15) is 0 Å². The van der Waals surface area contributed by atoms with Gasteiger partial charge in [0.25, 0.3) is 0 Å². The van der Waals surface area contributed by atoms with E-state index in [1.54, 1.807) is 22.5 Å². The molecule has 5 nitrogen and oxygen atoms in total. The minimum atomic E-state index is -3.39. The number of fused-ring (bicyclic) bond motifs is 1. The van der Waals surface area contributed by atoms with Crippen molar-refractivity contribution in [2.75, 3.05) is 18.4 Å². The summed E-state index contributed by atoms with van der Waals surface area (Å²) in [6.07, 6.45) is 3.98. The Kier molecular flexibility index (Phi) is 3.52. The number of carbonyl (C=O) groups excluding carboxylic acids is 1.